The first kappa shape index (κ1) is 16.6. The number of aliphatic carboxylic acids is 1. The summed E-state index contributed by atoms with van der Waals surface area (Å²) in [7, 11) is 0. The molecule has 1 aliphatic rings. The molecule has 2 aromatic rings. The molecule has 126 valence electrons. The fraction of sp³-hybridized carbons (Fsp3) is 0.353. The summed E-state index contributed by atoms with van der Waals surface area (Å²) in [6.07, 6.45) is 3.62. The highest BCUT2D eigenvalue weighted by atomic mass is 32.2. The number of carbonyl (C=O) groups excluding carboxylic acids is 1. The van der Waals surface area contributed by atoms with Crippen LogP contribution in [0.3, 0.4) is 0 Å². The second-order valence-corrected chi connectivity index (χ2v) is 6.88. The SMILES string of the molecule is O=C(O)CC1CSCCN1C(=O)c1ccc(Cn2cccn2)cc1. The van der Waals surface area contributed by atoms with Gasteiger partial charge in [-0.25, -0.2) is 0 Å². The first-order valence-electron chi connectivity index (χ1n) is 7.80. The molecule has 6 nitrogen and oxygen atoms in total. The van der Waals surface area contributed by atoms with E-state index in [1.54, 1.807) is 35.0 Å². The summed E-state index contributed by atoms with van der Waals surface area (Å²) in [5.41, 5.74) is 1.66. The molecule has 3 rings (SSSR count). The van der Waals surface area contributed by atoms with E-state index in [0.717, 1.165) is 11.3 Å². The minimum atomic E-state index is -0.866. The van der Waals surface area contributed by atoms with Crippen molar-refractivity contribution >= 4 is 23.6 Å². The van der Waals surface area contributed by atoms with Crippen LogP contribution in [0, 0.1) is 0 Å². The number of benzene rings is 1. The van der Waals surface area contributed by atoms with Crippen LogP contribution in [0.2, 0.25) is 0 Å². The Hall–Kier alpha value is -2.28. The van der Waals surface area contributed by atoms with E-state index < -0.39 is 5.97 Å². The van der Waals surface area contributed by atoms with E-state index >= 15 is 0 Å². The van der Waals surface area contributed by atoms with Crippen LogP contribution in [-0.2, 0) is 11.3 Å². The molecular formula is C17H19N3O3S. The molecule has 1 fully saturated rings. The molecule has 24 heavy (non-hydrogen) atoms. The Kier molecular flexibility index (Phi) is 5.20. The number of aromatic nitrogens is 2. The van der Waals surface area contributed by atoms with Crippen LogP contribution >= 0.6 is 11.8 Å². The average Bonchev–Trinajstić information content (AvgIpc) is 3.08. The third-order valence-electron chi connectivity index (χ3n) is 4.00. The first-order chi connectivity index (χ1) is 11.6. The number of carboxylic acids is 1. The third kappa shape index (κ3) is 3.97. The molecule has 2 heterocycles. The minimum Gasteiger partial charge on any atom is -0.481 e. The average molecular weight is 345 g/mol. The summed E-state index contributed by atoms with van der Waals surface area (Å²) in [4.78, 5) is 25.4. The van der Waals surface area contributed by atoms with Crippen LogP contribution in [0.15, 0.2) is 42.7 Å². The van der Waals surface area contributed by atoms with Gasteiger partial charge in [0.1, 0.15) is 0 Å². The highest BCUT2D eigenvalue weighted by molar-refractivity contribution is 7.99. The van der Waals surface area contributed by atoms with Gasteiger partial charge in [-0.05, 0) is 23.8 Å². The van der Waals surface area contributed by atoms with Gasteiger partial charge in [0.2, 0.25) is 0 Å². The maximum Gasteiger partial charge on any atom is 0.305 e. The van der Waals surface area contributed by atoms with Crippen molar-refractivity contribution < 1.29 is 14.7 Å². The van der Waals surface area contributed by atoms with Gasteiger partial charge in [-0.1, -0.05) is 12.1 Å². The van der Waals surface area contributed by atoms with Crippen LogP contribution in [0.1, 0.15) is 22.3 Å². The monoisotopic (exact) mass is 345 g/mol. The van der Waals surface area contributed by atoms with Gasteiger partial charge in [-0.2, -0.15) is 16.9 Å². The van der Waals surface area contributed by atoms with Crippen molar-refractivity contribution in [1.82, 2.24) is 14.7 Å². The first-order valence-corrected chi connectivity index (χ1v) is 8.96. The summed E-state index contributed by atoms with van der Waals surface area (Å²) in [6.45, 7) is 1.25. The fourth-order valence-corrected chi connectivity index (χ4v) is 3.85. The van der Waals surface area contributed by atoms with Crippen molar-refractivity contribution in [3.05, 3.63) is 53.9 Å². The summed E-state index contributed by atoms with van der Waals surface area (Å²) >= 11 is 1.70. The predicted octanol–water partition coefficient (Wildman–Crippen LogP) is 1.96. The van der Waals surface area contributed by atoms with E-state index in [1.807, 2.05) is 29.1 Å². The number of hydrogen-bond donors (Lipinski definition) is 1. The standard InChI is InChI=1S/C17H19N3O3S/c21-16(22)10-15-12-24-9-8-20(15)17(23)14-4-2-13(3-5-14)11-19-7-1-6-18-19/h1-7,15H,8-12H2,(H,21,22). The van der Waals surface area contributed by atoms with E-state index in [4.69, 9.17) is 5.11 Å². The Morgan fingerprint density at radius 2 is 2.08 bits per heavy atom. The third-order valence-corrected chi connectivity index (χ3v) is 5.10. The van der Waals surface area contributed by atoms with Crippen LogP contribution in [0.25, 0.3) is 0 Å². The number of rotatable bonds is 5. The molecule has 1 aromatic heterocycles. The van der Waals surface area contributed by atoms with Crippen LogP contribution in [-0.4, -0.2) is 55.8 Å². The predicted molar refractivity (Wildman–Crippen MR) is 92.2 cm³/mol. The van der Waals surface area contributed by atoms with Gasteiger partial charge in [0, 0.05) is 36.0 Å². The molecule has 1 atom stereocenters. The molecule has 0 bridgehead atoms. The Morgan fingerprint density at radius 3 is 2.75 bits per heavy atom. The molecule has 0 saturated carbocycles. The molecule has 1 amide bonds. The quantitative estimate of drug-likeness (QED) is 0.897. The van der Waals surface area contributed by atoms with Crippen molar-refractivity contribution in [2.24, 2.45) is 0 Å². The summed E-state index contributed by atoms with van der Waals surface area (Å²) in [6, 6.07) is 9.08. The van der Waals surface area contributed by atoms with Crippen LogP contribution < -0.4 is 0 Å². The Morgan fingerprint density at radius 1 is 1.29 bits per heavy atom. The van der Waals surface area contributed by atoms with Crippen LogP contribution in [0.5, 0.6) is 0 Å². The lowest BCUT2D eigenvalue weighted by atomic mass is 10.1. The lowest BCUT2D eigenvalue weighted by molar-refractivity contribution is -0.138. The largest absolute Gasteiger partial charge is 0.481 e. The zero-order chi connectivity index (χ0) is 16.9. The molecule has 1 saturated heterocycles. The number of nitrogens with zero attached hydrogens (tertiary/aromatic N) is 3. The van der Waals surface area contributed by atoms with E-state index in [2.05, 4.69) is 5.10 Å². The zero-order valence-electron chi connectivity index (χ0n) is 13.2. The number of thioether (sulfide) groups is 1. The van der Waals surface area contributed by atoms with Gasteiger partial charge in [0.05, 0.1) is 19.0 Å². The highest BCUT2D eigenvalue weighted by Gasteiger charge is 2.29. The summed E-state index contributed by atoms with van der Waals surface area (Å²) in [5, 5.41) is 13.2. The maximum absolute atomic E-state index is 12.7. The lowest BCUT2D eigenvalue weighted by Gasteiger charge is -2.34. The van der Waals surface area contributed by atoms with E-state index in [-0.39, 0.29) is 18.4 Å². The van der Waals surface area contributed by atoms with Crippen molar-refractivity contribution in [3.63, 3.8) is 0 Å². The Bertz CT molecular complexity index is 700. The molecule has 1 unspecified atom stereocenters. The number of hydrogen-bond acceptors (Lipinski definition) is 4. The molecule has 0 spiro atoms. The lowest BCUT2D eigenvalue weighted by Crippen LogP contribution is -2.47. The number of carboxylic acid groups (broad SMARTS) is 1. The van der Waals surface area contributed by atoms with E-state index in [9.17, 15) is 9.59 Å². The van der Waals surface area contributed by atoms with Gasteiger partial charge < -0.3 is 10.0 Å². The Labute approximate surface area is 144 Å². The van der Waals surface area contributed by atoms with Crippen LogP contribution in [0.4, 0.5) is 0 Å². The maximum atomic E-state index is 12.7. The topological polar surface area (TPSA) is 75.4 Å². The van der Waals surface area contributed by atoms with E-state index in [1.165, 1.54) is 0 Å². The van der Waals surface area contributed by atoms with E-state index in [0.29, 0.717) is 24.4 Å². The number of amides is 1. The summed E-state index contributed by atoms with van der Waals surface area (Å²) < 4.78 is 1.82. The van der Waals surface area contributed by atoms with Crippen molar-refractivity contribution in [2.45, 2.75) is 19.0 Å². The molecule has 0 radical (unpaired) electrons. The molecular weight excluding hydrogens is 326 g/mol. The van der Waals surface area contributed by atoms with Gasteiger partial charge in [-0.3, -0.25) is 14.3 Å². The van der Waals surface area contributed by atoms with Crippen molar-refractivity contribution in [2.75, 3.05) is 18.1 Å². The minimum absolute atomic E-state index is 0.00385. The van der Waals surface area contributed by atoms with Gasteiger partial charge >= 0.3 is 5.97 Å². The second-order valence-electron chi connectivity index (χ2n) is 5.73. The molecule has 1 aromatic carbocycles. The fourth-order valence-electron chi connectivity index (χ4n) is 2.79. The zero-order valence-corrected chi connectivity index (χ0v) is 14.0. The molecule has 1 aliphatic heterocycles. The second kappa shape index (κ2) is 7.53. The van der Waals surface area contributed by atoms with Gasteiger partial charge in [-0.15, -0.1) is 0 Å². The number of carbonyl (C=O) groups is 2. The van der Waals surface area contributed by atoms with Gasteiger partial charge in [0.25, 0.3) is 5.91 Å². The highest BCUT2D eigenvalue weighted by Crippen LogP contribution is 2.21. The van der Waals surface area contributed by atoms with Crippen molar-refractivity contribution in [1.29, 1.82) is 0 Å². The molecule has 0 aliphatic carbocycles. The smallest absolute Gasteiger partial charge is 0.305 e. The van der Waals surface area contributed by atoms with Crippen molar-refractivity contribution in [3.8, 4) is 0 Å². The van der Waals surface area contributed by atoms with Gasteiger partial charge in [0.15, 0.2) is 0 Å². The molecule has 1 N–H and O–H groups in total. The Balaban J connectivity index is 1.70. The molecule has 7 heteroatoms. The normalized spacial score (nSPS) is 17.7. The summed E-state index contributed by atoms with van der Waals surface area (Å²) in [5.74, 6) is 0.566.